The Hall–Kier alpha value is -0.720. The lowest BCUT2D eigenvalue weighted by atomic mass is 9.96. The first-order valence-electron chi connectivity index (χ1n) is 7.40. The van der Waals surface area contributed by atoms with Crippen LogP contribution in [0.25, 0.3) is 0 Å². The van der Waals surface area contributed by atoms with Crippen molar-refractivity contribution in [2.24, 2.45) is 5.92 Å². The van der Waals surface area contributed by atoms with E-state index in [-0.39, 0.29) is 12.0 Å². The second-order valence-corrected chi connectivity index (χ2v) is 7.31. The minimum absolute atomic E-state index is 0.0199. The van der Waals surface area contributed by atoms with Gasteiger partial charge in [-0.15, -0.1) is 0 Å². The molecule has 0 saturated carbocycles. The summed E-state index contributed by atoms with van der Waals surface area (Å²) in [7, 11) is 0. The van der Waals surface area contributed by atoms with Gasteiger partial charge in [-0.05, 0) is 31.8 Å². The number of likely N-dealkylation sites (tertiary alicyclic amines) is 1. The molecule has 1 aromatic rings. The van der Waals surface area contributed by atoms with Gasteiger partial charge in [0.1, 0.15) is 5.82 Å². The van der Waals surface area contributed by atoms with Gasteiger partial charge in [0.2, 0.25) is 5.13 Å². The van der Waals surface area contributed by atoms with Crippen molar-refractivity contribution in [1.82, 2.24) is 14.3 Å². The number of piperidine rings is 1. The van der Waals surface area contributed by atoms with Gasteiger partial charge in [0.25, 0.3) is 0 Å². The van der Waals surface area contributed by atoms with Crippen LogP contribution in [0.5, 0.6) is 0 Å². The smallest absolute Gasteiger partial charge is 0.202 e. The molecule has 20 heavy (non-hydrogen) atoms. The number of anilines is 1. The van der Waals surface area contributed by atoms with E-state index in [9.17, 15) is 0 Å². The zero-order valence-electron chi connectivity index (χ0n) is 12.7. The molecule has 0 atom stereocenters. The highest BCUT2D eigenvalue weighted by molar-refractivity contribution is 7.09. The van der Waals surface area contributed by atoms with E-state index in [2.05, 4.69) is 40.3 Å². The summed E-state index contributed by atoms with van der Waals surface area (Å²) in [5.41, 5.74) is 0.0199. The van der Waals surface area contributed by atoms with Crippen molar-refractivity contribution in [2.45, 2.75) is 39.0 Å². The molecule has 6 heteroatoms. The maximum atomic E-state index is 8.94. The van der Waals surface area contributed by atoms with Gasteiger partial charge in [-0.1, -0.05) is 20.8 Å². The maximum absolute atomic E-state index is 8.94. The number of nitrogens with one attached hydrogen (secondary N) is 1. The van der Waals surface area contributed by atoms with Crippen molar-refractivity contribution in [2.75, 3.05) is 38.1 Å². The zero-order valence-corrected chi connectivity index (χ0v) is 13.5. The molecule has 0 amide bonds. The van der Waals surface area contributed by atoms with Crippen LogP contribution in [0.1, 0.15) is 39.4 Å². The Bertz CT molecular complexity index is 408. The third-order valence-corrected chi connectivity index (χ3v) is 4.43. The predicted octanol–water partition coefficient (Wildman–Crippen LogP) is 1.95. The molecule has 5 nitrogen and oxygen atoms in total. The summed E-state index contributed by atoms with van der Waals surface area (Å²) in [6.07, 6.45) is 2.38. The van der Waals surface area contributed by atoms with Crippen LogP contribution in [0.2, 0.25) is 0 Å². The largest absolute Gasteiger partial charge is 0.395 e. The fourth-order valence-electron chi connectivity index (χ4n) is 2.39. The van der Waals surface area contributed by atoms with Gasteiger partial charge in [-0.2, -0.15) is 4.37 Å². The quantitative estimate of drug-likeness (QED) is 0.870. The van der Waals surface area contributed by atoms with E-state index >= 15 is 0 Å². The summed E-state index contributed by atoms with van der Waals surface area (Å²) in [4.78, 5) is 6.90. The molecule has 0 spiro atoms. The van der Waals surface area contributed by atoms with Crippen LogP contribution in [0.15, 0.2) is 0 Å². The molecule has 0 bridgehead atoms. The van der Waals surface area contributed by atoms with Crippen molar-refractivity contribution >= 4 is 16.7 Å². The van der Waals surface area contributed by atoms with Crippen LogP contribution in [-0.2, 0) is 5.41 Å². The molecule has 2 heterocycles. The highest BCUT2D eigenvalue weighted by Crippen LogP contribution is 2.24. The SMILES string of the molecule is CC(C)(C)c1nsc(NCC2CCN(CCO)CC2)n1. The lowest BCUT2D eigenvalue weighted by Crippen LogP contribution is -2.37. The number of hydrogen-bond acceptors (Lipinski definition) is 6. The Morgan fingerprint density at radius 1 is 1.35 bits per heavy atom. The number of β-amino-alcohol motifs (C(OH)–C–C–N with tert-alkyl or cyclic N) is 1. The summed E-state index contributed by atoms with van der Waals surface area (Å²) in [5.74, 6) is 1.62. The highest BCUT2D eigenvalue weighted by Gasteiger charge is 2.21. The van der Waals surface area contributed by atoms with Gasteiger partial charge < -0.3 is 15.3 Å². The van der Waals surface area contributed by atoms with Crippen molar-refractivity contribution in [3.63, 3.8) is 0 Å². The first-order chi connectivity index (χ1) is 9.49. The van der Waals surface area contributed by atoms with Crippen LogP contribution >= 0.6 is 11.5 Å². The van der Waals surface area contributed by atoms with Crippen LogP contribution in [0, 0.1) is 5.92 Å². The summed E-state index contributed by atoms with van der Waals surface area (Å²) in [5, 5.41) is 13.3. The van der Waals surface area contributed by atoms with E-state index < -0.39 is 0 Å². The first-order valence-corrected chi connectivity index (χ1v) is 8.17. The van der Waals surface area contributed by atoms with E-state index in [1.165, 1.54) is 24.4 Å². The normalized spacial score (nSPS) is 18.4. The van der Waals surface area contributed by atoms with Crippen LogP contribution in [0.3, 0.4) is 0 Å². The molecular weight excluding hydrogens is 272 g/mol. The minimum Gasteiger partial charge on any atom is -0.395 e. The highest BCUT2D eigenvalue weighted by atomic mass is 32.1. The third-order valence-electron chi connectivity index (χ3n) is 3.76. The summed E-state index contributed by atoms with van der Waals surface area (Å²) < 4.78 is 4.42. The Morgan fingerprint density at radius 3 is 2.60 bits per heavy atom. The van der Waals surface area contributed by atoms with E-state index in [1.54, 1.807) is 0 Å². The number of nitrogens with zero attached hydrogens (tertiary/aromatic N) is 3. The van der Waals surface area contributed by atoms with Crippen molar-refractivity contribution in [1.29, 1.82) is 0 Å². The molecule has 2 rings (SSSR count). The maximum Gasteiger partial charge on any atom is 0.202 e. The second-order valence-electron chi connectivity index (χ2n) is 6.56. The molecule has 1 saturated heterocycles. The molecule has 0 aliphatic carbocycles. The standard InChI is InChI=1S/C14H26N4OS/c1-14(2,3)12-16-13(20-17-12)15-10-11-4-6-18(7-5-11)8-9-19/h11,19H,4-10H2,1-3H3,(H,15,16,17). The lowest BCUT2D eigenvalue weighted by Gasteiger charge is -2.31. The monoisotopic (exact) mass is 298 g/mol. The van der Waals surface area contributed by atoms with Gasteiger partial charge in [0, 0.05) is 30.0 Å². The van der Waals surface area contributed by atoms with Crippen molar-refractivity contribution < 1.29 is 5.11 Å². The molecule has 0 unspecified atom stereocenters. The molecule has 0 radical (unpaired) electrons. The molecule has 1 aliphatic rings. The lowest BCUT2D eigenvalue weighted by molar-refractivity contribution is 0.151. The van der Waals surface area contributed by atoms with E-state index in [0.717, 1.165) is 37.1 Å². The average molecular weight is 298 g/mol. The number of hydrogen-bond donors (Lipinski definition) is 2. The van der Waals surface area contributed by atoms with Gasteiger partial charge in [-0.3, -0.25) is 0 Å². The number of aromatic nitrogens is 2. The molecule has 1 aliphatic heterocycles. The van der Waals surface area contributed by atoms with E-state index in [0.29, 0.717) is 5.92 Å². The number of aliphatic hydroxyl groups is 1. The van der Waals surface area contributed by atoms with Gasteiger partial charge in [0.05, 0.1) is 6.61 Å². The van der Waals surface area contributed by atoms with E-state index in [4.69, 9.17) is 5.11 Å². The minimum atomic E-state index is 0.0199. The zero-order chi connectivity index (χ0) is 14.6. The molecular formula is C14H26N4OS. The molecule has 114 valence electrons. The topological polar surface area (TPSA) is 61.3 Å². The predicted molar refractivity (Wildman–Crippen MR) is 83.3 cm³/mol. The summed E-state index contributed by atoms with van der Waals surface area (Å²) >= 11 is 1.46. The Labute approximate surface area is 125 Å². The molecule has 1 aromatic heterocycles. The number of rotatable bonds is 5. The van der Waals surface area contributed by atoms with Crippen LogP contribution < -0.4 is 5.32 Å². The van der Waals surface area contributed by atoms with Crippen LogP contribution in [-0.4, -0.2) is 52.1 Å². The van der Waals surface area contributed by atoms with Crippen molar-refractivity contribution in [3.05, 3.63) is 5.82 Å². The summed E-state index contributed by atoms with van der Waals surface area (Å²) in [6, 6.07) is 0. The summed E-state index contributed by atoms with van der Waals surface area (Å²) in [6.45, 7) is 10.6. The molecule has 2 N–H and O–H groups in total. The molecule has 0 aromatic carbocycles. The second kappa shape index (κ2) is 6.83. The Balaban J connectivity index is 1.75. The average Bonchev–Trinajstić information content (AvgIpc) is 2.87. The number of aliphatic hydroxyl groups excluding tert-OH is 1. The first kappa shape index (κ1) is 15.7. The van der Waals surface area contributed by atoms with Gasteiger partial charge in [-0.25, -0.2) is 4.98 Å². The van der Waals surface area contributed by atoms with Gasteiger partial charge >= 0.3 is 0 Å². The Morgan fingerprint density at radius 2 is 2.05 bits per heavy atom. The van der Waals surface area contributed by atoms with Crippen molar-refractivity contribution in [3.8, 4) is 0 Å². The van der Waals surface area contributed by atoms with Crippen LogP contribution in [0.4, 0.5) is 5.13 Å². The van der Waals surface area contributed by atoms with E-state index in [1.807, 2.05) is 0 Å². The third kappa shape index (κ3) is 4.40. The Kier molecular flexibility index (Phi) is 5.35. The molecule has 1 fully saturated rings. The fraction of sp³-hybridized carbons (Fsp3) is 0.857. The van der Waals surface area contributed by atoms with Gasteiger partial charge in [0.15, 0.2) is 0 Å². The fourth-order valence-corrected chi connectivity index (χ4v) is 3.15.